The fourth-order valence-corrected chi connectivity index (χ4v) is 2.25. The topological polar surface area (TPSA) is 49.3 Å². The van der Waals surface area contributed by atoms with E-state index in [1.165, 1.54) is 0 Å². The van der Waals surface area contributed by atoms with Crippen LogP contribution in [0.2, 0.25) is 5.02 Å². The monoisotopic (exact) mass is 319 g/mol. The third-order valence-corrected chi connectivity index (χ3v) is 3.31. The van der Waals surface area contributed by atoms with Gasteiger partial charge in [0.05, 0.1) is 6.42 Å². The van der Waals surface area contributed by atoms with E-state index in [0.29, 0.717) is 17.9 Å². The predicted molar refractivity (Wildman–Crippen MR) is 72.2 cm³/mol. The van der Waals surface area contributed by atoms with Crippen molar-refractivity contribution in [1.29, 1.82) is 0 Å². The van der Waals surface area contributed by atoms with Crippen LogP contribution in [-0.4, -0.2) is 23.7 Å². The Labute approximate surface area is 114 Å². The van der Waals surface area contributed by atoms with E-state index in [0.717, 1.165) is 10.0 Å². The number of aliphatic hydroxyl groups is 1. The molecule has 1 amide bonds. The van der Waals surface area contributed by atoms with Crippen LogP contribution in [0.25, 0.3) is 0 Å². The van der Waals surface area contributed by atoms with Crippen molar-refractivity contribution in [3.05, 3.63) is 33.3 Å². The minimum absolute atomic E-state index is 0.0152. The normalized spacial score (nSPS) is 12.2. The SMILES string of the molecule is CC(CCO)NC(=O)Cc1ccc(Cl)cc1Br. The molecule has 5 heteroatoms. The van der Waals surface area contributed by atoms with Crippen molar-refractivity contribution in [3.63, 3.8) is 0 Å². The molecule has 0 saturated carbocycles. The number of halogens is 2. The van der Waals surface area contributed by atoms with Crippen LogP contribution in [0.4, 0.5) is 0 Å². The fraction of sp³-hybridized carbons (Fsp3) is 0.417. The van der Waals surface area contributed by atoms with Gasteiger partial charge in [-0.3, -0.25) is 4.79 Å². The third kappa shape index (κ3) is 5.06. The minimum Gasteiger partial charge on any atom is -0.396 e. The van der Waals surface area contributed by atoms with Crippen molar-refractivity contribution < 1.29 is 9.90 Å². The van der Waals surface area contributed by atoms with E-state index in [9.17, 15) is 4.79 Å². The van der Waals surface area contributed by atoms with E-state index < -0.39 is 0 Å². The summed E-state index contributed by atoms with van der Waals surface area (Å²) in [4.78, 5) is 11.7. The summed E-state index contributed by atoms with van der Waals surface area (Å²) in [5, 5.41) is 12.2. The van der Waals surface area contributed by atoms with Gasteiger partial charge < -0.3 is 10.4 Å². The predicted octanol–water partition coefficient (Wildman–Crippen LogP) is 2.53. The molecule has 0 fully saturated rings. The standard InChI is InChI=1S/C12H15BrClNO2/c1-8(4-5-16)15-12(17)6-9-2-3-10(14)7-11(9)13/h2-3,7-8,16H,4-6H2,1H3,(H,15,17). The molecular formula is C12H15BrClNO2. The van der Waals surface area contributed by atoms with Gasteiger partial charge in [-0.05, 0) is 31.0 Å². The number of rotatable bonds is 5. The van der Waals surface area contributed by atoms with Gasteiger partial charge in [-0.15, -0.1) is 0 Å². The van der Waals surface area contributed by atoms with Gasteiger partial charge in [-0.2, -0.15) is 0 Å². The summed E-state index contributed by atoms with van der Waals surface area (Å²) in [5.41, 5.74) is 0.892. The zero-order chi connectivity index (χ0) is 12.8. The van der Waals surface area contributed by atoms with E-state index in [1.54, 1.807) is 12.1 Å². The highest BCUT2D eigenvalue weighted by Crippen LogP contribution is 2.21. The molecule has 1 aromatic carbocycles. The van der Waals surface area contributed by atoms with Crippen LogP contribution in [0.1, 0.15) is 18.9 Å². The molecule has 0 aliphatic rings. The maximum Gasteiger partial charge on any atom is 0.224 e. The molecule has 0 bridgehead atoms. The van der Waals surface area contributed by atoms with Crippen LogP contribution in [-0.2, 0) is 11.2 Å². The first kappa shape index (κ1) is 14.5. The first-order chi connectivity index (χ1) is 8.02. The van der Waals surface area contributed by atoms with Gasteiger partial charge in [0, 0.05) is 22.1 Å². The third-order valence-electron chi connectivity index (χ3n) is 2.34. The van der Waals surface area contributed by atoms with E-state index >= 15 is 0 Å². The number of aliphatic hydroxyl groups excluding tert-OH is 1. The van der Waals surface area contributed by atoms with Crippen molar-refractivity contribution in [2.45, 2.75) is 25.8 Å². The Kier molecular flexibility index (Phi) is 5.95. The maximum absolute atomic E-state index is 11.7. The molecule has 94 valence electrons. The van der Waals surface area contributed by atoms with Gasteiger partial charge in [0.2, 0.25) is 5.91 Å². The summed E-state index contributed by atoms with van der Waals surface area (Å²) < 4.78 is 0.829. The maximum atomic E-state index is 11.7. The molecule has 17 heavy (non-hydrogen) atoms. The van der Waals surface area contributed by atoms with Gasteiger partial charge in [-0.1, -0.05) is 33.6 Å². The second kappa shape index (κ2) is 6.99. The van der Waals surface area contributed by atoms with E-state index in [1.807, 2.05) is 13.0 Å². The zero-order valence-electron chi connectivity index (χ0n) is 9.54. The Hall–Kier alpha value is -0.580. The fourth-order valence-electron chi connectivity index (χ4n) is 1.43. The highest BCUT2D eigenvalue weighted by molar-refractivity contribution is 9.10. The lowest BCUT2D eigenvalue weighted by Gasteiger charge is -2.12. The Morgan fingerprint density at radius 2 is 2.29 bits per heavy atom. The van der Waals surface area contributed by atoms with Crippen LogP contribution >= 0.6 is 27.5 Å². The molecule has 3 nitrogen and oxygen atoms in total. The molecule has 0 radical (unpaired) electrons. The summed E-state index contributed by atoms with van der Waals surface area (Å²) in [6, 6.07) is 5.33. The molecule has 0 aromatic heterocycles. The number of carbonyl (C=O) groups is 1. The van der Waals surface area contributed by atoms with Crippen LogP contribution in [0, 0.1) is 0 Å². The summed E-state index contributed by atoms with van der Waals surface area (Å²) in [7, 11) is 0. The van der Waals surface area contributed by atoms with Crippen molar-refractivity contribution >= 4 is 33.4 Å². The average Bonchev–Trinajstić information content (AvgIpc) is 2.22. The second-order valence-electron chi connectivity index (χ2n) is 3.89. The van der Waals surface area contributed by atoms with E-state index in [4.69, 9.17) is 16.7 Å². The molecule has 1 rings (SSSR count). The molecule has 1 atom stereocenters. The lowest BCUT2D eigenvalue weighted by molar-refractivity contribution is -0.121. The van der Waals surface area contributed by atoms with Crippen LogP contribution in [0.15, 0.2) is 22.7 Å². The minimum atomic E-state index is -0.0611. The number of benzene rings is 1. The number of hydrogen-bond donors (Lipinski definition) is 2. The Morgan fingerprint density at radius 1 is 1.59 bits per heavy atom. The van der Waals surface area contributed by atoms with Crippen molar-refractivity contribution in [2.24, 2.45) is 0 Å². The number of amides is 1. The van der Waals surface area contributed by atoms with Crippen molar-refractivity contribution in [3.8, 4) is 0 Å². The second-order valence-corrected chi connectivity index (χ2v) is 5.18. The van der Waals surface area contributed by atoms with E-state index in [2.05, 4.69) is 21.2 Å². The van der Waals surface area contributed by atoms with Gasteiger partial charge in [0.15, 0.2) is 0 Å². The van der Waals surface area contributed by atoms with Gasteiger partial charge in [0.1, 0.15) is 0 Å². The Balaban J connectivity index is 2.56. The lowest BCUT2D eigenvalue weighted by Crippen LogP contribution is -2.34. The van der Waals surface area contributed by atoms with E-state index in [-0.39, 0.29) is 18.6 Å². The Bertz CT molecular complexity index is 398. The van der Waals surface area contributed by atoms with Gasteiger partial charge in [0.25, 0.3) is 0 Å². The van der Waals surface area contributed by atoms with Gasteiger partial charge >= 0.3 is 0 Å². The molecule has 0 heterocycles. The molecule has 0 spiro atoms. The van der Waals surface area contributed by atoms with Crippen LogP contribution in [0.5, 0.6) is 0 Å². The molecule has 0 saturated heterocycles. The molecule has 1 aromatic rings. The molecular weight excluding hydrogens is 305 g/mol. The van der Waals surface area contributed by atoms with Gasteiger partial charge in [-0.25, -0.2) is 0 Å². The van der Waals surface area contributed by atoms with Crippen molar-refractivity contribution in [1.82, 2.24) is 5.32 Å². The number of hydrogen-bond acceptors (Lipinski definition) is 2. The lowest BCUT2D eigenvalue weighted by atomic mass is 10.1. The highest BCUT2D eigenvalue weighted by atomic mass is 79.9. The van der Waals surface area contributed by atoms with Crippen LogP contribution in [0.3, 0.4) is 0 Å². The first-order valence-corrected chi connectivity index (χ1v) is 6.54. The summed E-state index contributed by atoms with van der Waals surface area (Å²) in [6.07, 6.45) is 0.862. The Morgan fingerprint density at radius 3 is 2.88 bits per heavy atom. The molecule has 1 unspecified atom stereocenters. The molecule has 0 aliphatic heterocycles. The average molecular weight is 321 g/mol. The zero-order valence-corrected chi connectivity index (χ0v) is 11.9. The number of carbonyl (C=O) groups excluding carboxylic acids is 1. The number of nitrogens with one attached hydrogen (secondary N) is 1. The molecule has 2 N–H and O–H groups in total. The largest absolute Gasteiger partial charge is 0.396 e. The quantitative estimate of drug-likeness (QED) is 0.876. The summed E-state index contributed by atoms with van der Waals surface area (Å²) in [5.74, 6) is -0.0611. The van der Waals surface area contributed by atoms with Crippen molar-refractivity contribution in [2.75, 3.05) is 6.61 Å². The highest BCUT2D eigenvalue weighted by Gasteiger charge is 2.09. The summed E-state index contributed by atoms with van der Waals surface area (Å²) >= 11 is 9.19. The molecule has 0 aliphatic carbocycles. The smallest absolute Gasteiger partial charge is 0.224 e. The first-order valence-electron chi connectivity index (χ1n) is 5.37. The summed E-state index contributed by atoms with van der Waals surface area (Å²) in [6.45, 7) is 1.94. The van der Waals surface area contributed by atoms with Crippen LogP contribution < -0.4 is 5.32 Å².